The summed E-state index contributed by atoms with van der Waals surface area (Å²) in [7, 11) is -3.16. The number of amides is 1. The average Bonchev–Trinajstić information content (AvgIpc) is 2.94. The summed E-state index contributed by atoms with van der Waals surface area (Å²) in [6, 6.07) is 2.33. The van der Waals surface area contributed by atoms with Crippen LogP contribution < -0.4 is 15.6 Å². The minimum atomic E-state index is -4.48. The van der Waals surface area contributed by atoms with Crippen LogP contribution in [0.3, 0.4) is 0 Å². The van der Waals surface area contributed by atoms with E-state index in [4.69, 9.17) is 4.74 Å². The van der Waals surface area contributed by atoms with Crippen molar-refractivity contribution in [1.29, 1.82) is 0 Å². The number of rotatable bonds is 3. The lowest BCUT2D eigenvalue weighted by Crippen LogP contribution is -2.20. The van der Waals surface area contributed by atoms with Gasteiger partial charge in [-0.3, -0.25) is 18.5 Å². The minimum absolute atomic E-state index is 0.0838. The van der Waals surface area contributed by atoms with Gasteiger partial charge in [0.25, 0.3) is 15.7 Å². The summed E-state index contributed by atoms with van der Waals surface area (Å²) >= 11 is 0. The Balaban J connectivity index is 2.59. The standard InChI is InChI=1S/C16H17N3O6S/c1-7-8(2)16(21)19-14-11(18-15(19)13(7)17-9(3)20)5-10(26(22,23)24)6-12(14)25-4/h5-6,18H,1-4H3,(H,17,20)(H,22,23,24). The van der Waals surface area contributed by atoms with E-state index in [9.17, 15) is 22.6 Å². The molecule has 0 spiro atoms. The van der Waals surface area contributed by atoms with Crippen molar-refractivity contribution < 1.29 is 22.5 Å². The third-order valence-corrected chi connectivity index (χ3v) is 5.10. The van der Waals surface area contributed by atoms with E-state index < -0.39 is 10.1 Å². The highest BCUT2D eigenvalue weighted by atomic mass is 32.2. The molecule has 0 aliphatic heterocycles. The fourth-order valence-corrected chi connectivity index (χ4v) is 3.43. The van der Waals surface area contributed by atoms with Crippen molar-refractivity contribution in [2.45, 2.75) is 25.7 Å². The molecule has 0 saturated carbocycles. The number of carbonyl (C=O) groups is 1. The van der Waals surface area contributed by atoms with Crippen LogP contribution in [0, 0.1) is 13.8 Å². The quantitative estimate of drug-likeness (QED) is 0.593. The number of methoxy groups -OCH3 is 1. The highest BCUT2D eigenvalue weighted by molar-refractivity contribution is 7.85. The van der Waals surface area contributed by atoms with E-state index in [0.717, 1.165) is 6.07 Å². The third kappa shape index (κ3) is 2.63. The normalized spacial score (nSPS) is 11.9. The molecule has 9 nitrogen and oxygen atoms in total. The first-order chi connectivity index (χ1) is 12.1. The molecule has 2 heterocycles. The lowest BCUT2D eigenvalue weighted by molar-refractivity contribution is -0.114. The fourth-order valence-electron chi connectivity index (χ4n) is 2.91. The molecule has 2 aromatic heterocycles. The molecule has 10 heteroatoms. The lowest BCUT2D eigenvalue weighted by atomic mass is 10.1. The predicted octanol–water partition coefficient (Wildman–Crippen LogP) is 1.61. The van der Waals surface area contributed by atoms with Crippen LogP contribution in [0.4, 0.5) is 5.69 Å². The van der Waals surface area contributed by atoms with Gasteiger partial charge in [-0.2, -0.15) is 8.42 Å². The average molecular weight is 379 g/mol. The van der Waals surface area contributed by atoms with E-state index in [1.54, 1.807) is 13.8 Å². The predicted molar refractivity (Wildman–Crippen MR) is 95.7 cm³/mol. The third-order valence-electron chi connectivity index (χ3n) is 4.27. The number of hydrogen-bond donors (Lipinski definition) is 3. The molecule has 0 fully saturated rings. The summed E-state index contributed by atoms with van der Waals surface area (Å²) in [6.45, 7) is 4.68. The van der Waals surface area contributed by atoms with Gasteiger partial charge in [0.05, 0.1) is 23.2 Å². The maximum absolute atomic E-state index is 12.8. The van der Waals surface area contributed by atoms with Crippen molar-refractivity contribution in [2.75, 3.05) is 12.4 Å². The van der Waals surface area contributed by atoms with E-state index in [0.29, 0.717) is 22.3 Å². The topological polar surface area (TPSA) is 130 Å². The first kappa shape index (κ1) is 18.0. The molecular weight excluding hydrogens is 362 g/mol. The van der Waals surface area contributed by atoms with Crippen molar-refractivity contribution in [2.24, 2.45) is 0 Å². The van der Waals surface area contributed by atoms with Gasteiger partial charge in [-0.15, -0.1) is 0 Å². The molecule has 3 N–H and O–H groups in total. The molecule has 1 amide bonds. The SMILES string of the molecule is COc1cc(S(=O)(=O)O)cc2[nH]c3c(NC(C)=O)c(C)c(C)c(=O)n3c12. The zero-order chi connectivity index (χ0) is 19.4. The monoisotopic (exact) mass is 379 g/mol. The van der Waals surface area contributed by atoms with Crippen molar-refractivity contribution >= 4 is 38.4 Å². The Morgan fingerprint density at radius 1 is 1.27 bits per heavy atom. The molecule has 0 unspecified atom stereocenters. The Bertz CT molecular complexity index is 1240. The van der Waals surface area contributed by atoms with Crippen LogP contribution in [0.1, 0.15) is 18.1 Å². The van der Waals surface area contributed by atoms with Crippen LogP contribution in [-0.2, 0) is 14.9 Å². The van der Waals surface area contributed by atoms with Gasteiger partial charge in [-0.1, -0.05) is 0 Å². The van der Waals surface area contributed by atoms with E-state index in [-0.39, 0.29) is 33.3 Å². The maximum atomic E-state index is 12.8. The van der Waals surface area contributed by atoms with Gasteiger partial charge in [-0.05, 0) is 25.5 Å². The van der Waals surface area contributed by atoms with E-state index in [1.165, 1.54) is 24.5 Å². The number of nitrogens with one attached hydrogen (secondary N) is 2. The van der Waals surface area contributed by atoms with Crippen LogP contribution >= 0.6 is 0 Å². The van der Waals surface area contributed by atoms with E-state index in [2.05, 4.69) is 10.3 Å². The second kappa shape index (κ2) is 5.85. The van der Waals surface area contributed by atoms with Gasteiger partial charge < -0.3 is 15.0 Å². The van der Waals surface area contributed by atoms with Gasteiger partial charge in [-0.25, -0.2) is 0 Å². The first-order valence-electron chi connectivity index (χ1n) is 7.57. The maximum Gasteiger partial charge on any atom is 0.294 e. The summed E-state index contributed by atoms with van der Waals surface area (Å²) in [6.07, 6.45) is 0. The molecule has 1 aromatic carbocycles. The summed E-state index contributed by atoms with van der Waals surface area (Å²) < 4.78 is 38.9. The molecule has 3 aromatic rings. The van der Waals surface area contributed by atoms with Gasteiger partial charge in [0.1, 0.15) is 16.9 Å². The number of benzene rings is 1. The number of H-pyrrole nitrogens is 1. The molecule has 0 aliphatic carbocycles. The molecule has 0 atom stereocenters. The number of ether oxygens (including phenoxy) is 1. The summed E-state index contributed by atoms with van der Waals surface area (Å²) in [5.41, 5.74) is 1.92. The summed E-state index contributed by atoms with van der Waals surface area (Å²) in [4.78, 5) is 27.0. The molecule has 3 rings (SSSR count). The van der Waals surface area contributed by atoms with Crippen LogP contribution in [0.2, 0.25) is 0 Å². The van der Waals surface area contributed by atoms with Crippen LogP contribution in [0.15, 0.2) is 21.8 Å². The van der Waals surface area contributed by atoms with Gasteiger partial charge in [0.15, 0.2) is 0 Å². The number of aromatic amines is 1. The van der Waals surface area contributed by atoms with Crippen LogP contribution in [0.5, 0.6) is 5.75 Å². The Hall–Kier alpha value is -2.85. The number of fused-ring (bicyclic) bond motifs is 3. The number of carbonyl (C=O) groups excluding carboxylic acids is 1. The number of pyridine rings is 1. The molecular formula is C16H17N3O6S. The van der Waals surface area contributed by atoms with E-state index in [1.807, 2.05) is 0 Å². The molecule has 0 bridgehead atoms. The van der Waals surface area contributed by atoms with Crippen molar-refractivity contribution in [3.05, 3.63) is 33.6 Å². The smallest absolute Gasteiger partial charge is 0.294 e. The van der Waals surface area contributed by atoms with Crippen molar-refractivity contribution in [3.8, 4) is 5.75 Å². The highest BCUT2D eigenvalue weighted by Gasteiger charge is 2.22. The van der Waals surface area contributed by atoms with Crippen molar-refractivity contribution in [1.82, 2.24) is 9.38 Å². The number of nitrogens with zero attached hydrogens (tertiary/aromatic N) is 1. The molecule has 26 heavy (non-hydrogen) atoms. The molecule has 138 valence electrons. The first-order valence-corrected chi connectivity index (χ1v) is 9.01. The fraction of sp³-hybridized carbons (Fsp3) is 0.250. The van der Waals surface area contributed by atoms with Crippen molar-refractivity contribution in [3.63, 3.8) is 0 Å². The number of anilines is 1. The number of aromatic nitrogens is 2. The number of imidazole rings is 1. The van der Waals surface area contributed by atoms with Gasteiger partial charge in [0.2, 0.25) is 5.91 Å². The molecule has 0 saturated heterocycles. The summed E-state index contributed by atoms with van der Waals surface area (Å²) in [5.74, 6) is -0.238. The highest BCUT2D eigenvalue weighted by Crippen LogP contribution is 2.33. The van der Waals surface area contributed by atoms with E-state index >= 15 is 0 Å². The molecule has 0 radical (unpaired) electrons. The van der Waals surface area contributed by atoms with Gasteiger partial charge in [0, 0.05) is 18.6 Å². The Labute approximate surface area is 148 Å². The zero-order valence-electron chi connectivity index (χ0n) is 14.5. The summed E-state index contributed by atoms with van der Waals surface area (Å²) in [5, 5.41) is 2.69. The minimum Gasteiger partial charge on any atom is -0.494 e. The zero-order valence-corrected chi connectivity index (χ0v) is 15.3. The number of hydrogen-bond acceptors (Lipinski definition) is 5. The van der Waals surface area contributed by atoms with Gasteiger partial charge >= 0.3 is 0 Å². The molecule has 0 aliphatic rings. The Kier molecular flexibility index (Phi) is 4.04. The van der Waals surface area contributed by atoms with Crippen LogP contribution in [-0.4, -0.2) is 35.4 Å². The Morgan fingerprint density at radius 2 is 1.92 bits per heavy atom. The van der Waals surface area contributed by atoms with Crippen LogP contribution in [0.25, 0.3) is 16.7 Å². The Morgan fingerprint density at radius 3 is 2.46 bits per heavy atom. The second-order valence-corrected chi connectivity index (χ2v) is 7.34. The lowest BCUT2D eigenvalue weighted by Gasteiger charge is -2.11. The largest absolute Gasteiger partial charge is 0.494 e. The second-order valence-electron chi connectivity index (χ2n) is 5.92.